The fourth-order valence-electron chi connectivity index (χ4n) is 2.08. The molecule has 21 heavy (non-hydrogen) atoms. The molecule has 5 nitrogen and oxygen atoms in total. The molecule has 0 bridgehead atoms. The summed E-state index contributed by atoms with van der Waals surface area (Å²) in [5.74, 6) is 1.44. The monoisotopic (exact) mass is 292 g/mol. The largest absolute Gasteiger partial charge is 0.486 e. The van der Waals surface area contributed by atoms with Crippen molar-refractivity contribution in [3.05, 3.63) is 23.8 Å². The molecule has 0 aromatic heterocycles. The number of ether oxygens (including phenoxy) is 2. The first-order valence-corrected chi connectivity index (χ1v) is 7.30. The van der Waals surface area contributed by atoms with Gasteiger partial charge in [-0.25, -0.2) is 0 Å². The van der Waals surface area contributed by atoms with Crippen LogP contribution in [-0.4, -0.2) is 31.7 Å². The Hall–Kier alpha value is -1.75. The van der Waals surface area contributed by atoms with Crippen LogP contribution in [0.15, 0.2) is 18.2 Å². The van der Waals surface area contributed by atoms with Gasteiger partial charge in [-0.15, -0.1) is 0 Å². The van der Waals surface area contributed by atoms with Crippen LogP contribution in [0.3, 0.4) is 0 Å². The Morgan fingerprint density at radius 1 is 1.29 bits per heavy atom. The lowest BCUT2D eigenvalue weighted by molar-refractivity contribution is -0.124. The van der Waals surface area contributed by atoms with Gasteiger partial charge in [0.25, 0.3) is 0 Å². The van der Waals surface area contributed by atoms with E-state index in [2.05, 4.69) is 5.32 Å². The summed E-state index contributed by atoms with van der Waals surface area (Å²) in [6.07, 6.45) is 0.735. The zero-order valence-electron chi connectivity index (χ0n) is 12.9. The number of rotatable bonds is 4. The van der Waals surface area contributed by atoms with Crippen molar-refractivity contribution in [3.63, 3.8) is 0 Å². The first kappa shape index (κ1) is 15.6. The van der Waals surface area contributed by atoms with Gasteiger partial charge in [0, 0.05) is 6.54 Å². The van der Waals surface area contributed by atoms with Crippen molar-refractivity contribution in [2.45, 2.75) is 33.2 Å². The van der Waals surface area contributed by atoms with Crippen molar-refractivity contribution in [1.29, 1.82) is 0 Å². The van der Waals surface area contributed by atoms with E-state index in [1.807, 2.05) is 39.0 Å². The maximum atomic E-state index is 11.9. The van der Waals surface area contributed by atoms with Gasteiger partial charge in [0.2, 0.25) is 5.91 Å². The Morgan fingerprint density at radius 3 is 2.62 bits per heavy atom. The zero-order chi connectivity index (χ0) is 15.5. The number of hydrogen-bond acceptors (Lipinski definition) is 4. The first-order chi connectivity index (χ1) is 9.88. The van der Waals surface area contributed by atoms with Gasteiger partial charge in [-0.05, 0) is 29.5 Å². The molecule has 1 unspecified atom stereocenters. The van der Waals surface area contributed by atoms with E-state index in [1.165, 1.54) is 0 Å². The third-order valence-corrected chi connectivity index (χ3v) is 3.53. The van der Waals surface area contributed by atoms with E-state index in [-0.39, 0.29) is 11.3 Å². The van der Waals surface area contributed by atoms with E-state index in [4.69, 9.17) is 15.2 Å². The number of benzene rings is 1. The molecule has 1 aliphatic rings. The highest BCUT2D eigenvalue weighted by atomic mass is 16.6. The fourth-order valence-corrected chi connectivity index (χ4v) is 2.08. The Morgan fingerprint density at radius 2 is 1.95 bits per heavy atom. The van der Waals surface area contributed by atoms with Gasteiger partial charge in [0.1, 0.15) is 13.2 Å². The maximum absolute atomic E-state index is 11.9. The Bertz CT molecular complexity index is 509. The van der Waals surface area contributed by atoms with Crippen molar-refractivity contribution >= 4 is 5.91 Å². The van der Waals surface area contributed by atoms with Crippen LogP contribution in [0, 0.1) is 5.41 Å². The molecule has 3 N–H and O–H groups in total. The van der Waals surface area contributed by atoms with Crippen LogP contribution in [0.2, 0.25) is 0 Å². The van der Waals surface area contributed by atoms with Crippen LogP contribution in [0.1, 0.15) is 26.3 Å². The van der Waals surface area contributed by atoms with Gasteiger partial charge in [0.15, 0.2) is 11.5 Å². The minimum absolute atomic E-state index is 0.111. The number of carbonyl (C=O) groups excluding carboxylic acids is 1. The molecule has 116 valence electrons. The molecule has 0 spiro atoms. The van der Waals surface area contributed by atoms with Crippen LogP contribution in [0.5, 0.6) is 11.5 Å². The molecule has 0 saturated carbocycles. The Labute approximate surface area is 125 Å². The van der Waals surface area contributed by atoms with Crippen molar-refractivity contribution in [3.8, 4) is 11.5 Å². The second kappa shape index (κ2) is 6.35. The predicted molar refractivity (Wildman–Crippen MR) is 81.6 cm³/mol. The van der Waals surface area contributed by atoms with Crippen molar-refractivity contribution < 1.29 is 14.3 Å². The number of carbonyl (C=O) groups is 1. The topological polar surface area (TPSA) is 73.6 Å². The highest BCUT2D eigenvalue weighted by molar-refractivity contribution is 5.82. The van der Waals surface area contributed by atoms with E-state index >= 15 is 0 Å². The smallest absolute Gasteiger partial charge is 0.237 e. The lowest BCUT2D eigenvalue weighted by Gasteiger charge is -2.25. The number of nitrogens with one attached hydrogen (secondary N) is 1. The average Bonchev–Trinajstić information content (AvgIpc) is 2.45. The van der Waals surface area contributed by atoms with Gasteiger partial charge >= 0.3 is 0 Å². The Kier molecular flexibility index (Phi) is 4.73. The number of hydrogen-bond donors (Lipinski definition) is 2. The summed E-state index contributed by atoms with van der Waals surface area (Å²) in [6.45, 7) is 7.59. The molecule has 0 saturated heterocycles. The molecule has 0 aliphatic carbocycles. The molecule has 1 amide bonds. The highest BCUT2D eigenvalue weighted by Gasteiger charge is 2.26. The minimum atomic E-state index is -0.502. The SMILES string of the molecule is CC(C)(C)C(N)C(=O)NCCc1ccc2c(c1)OCCO2. The number of nitrogens with two attached hydrogens (primary N) is 1. The van der Waals surface area contributed by atoms with E-state index in [9.17, 15) is 4.79 Å². The lowest BCUT2D eigenvalue weighted by atomic mass is 9.87. The molecular formula is C16H24N2O3. The molecule has 0 fully saturated rings. The normalized spacial score (nSPS) is 15.4. The second-order valence-electron chi connectivity index (χ2n) is 6.36. The molecule has 5 heteroatoms. The van der Waals surface area contributed by atoms with E-state index in [1.54, 1.807) is 0 Å². The molecule has 1 aromatic carbocycles. The van der Waals surface area contributed by atoms with Gasteiger partial charge in [0.05, 0.1) is 6.04 Å². The average molecular weight is 292 g/mol. The van der Waals surface area contributed by atoms with E-state index < -0.39 is 6.04 Å². The molecule has 1 aromatic rings. The third-order valence-electron chi connectivity index (χ3n) is 3.53. The van der Waals surface area contributed by atoms with Crippen LogP contribution >= 0.6 is 0 Å². The fraction of sp³-hybridized carbons (Fsp3) is 0.562. The predicted octanol–water partition coefficient (Wildman–Crippen LogP) is 1.49. The van der Waals surface area contributed by atoms with Crippen LogP contribution in [0.4, 0.5) is 0 Å². The molecule has 2 rings (SSSR count). The molecular weight excluding hydrogens is 268 g/mol. The summed E-state index contributed by atoms with van der Waals surface area (Å²) >= 11 is 0. The molecule has 1 heterocycles. The van der Waals surface area contributed by atoms with Crippen molar-refractivity contribution in [2.75, 3.05) is 19.8 Å². The van der Waals surface area contributed by atoms with Gasteiger partial charge in [-0.1, -0.05) is 26.8 Å². The van der Waals surface area contributed by atoms with Crippen LogP contribution in [-0.2, 0) is 11.2 Å². The summed E-state index contributed by atoms with van der Waals surface area (Å²) in [4.78, 5) is 11.9. The first-order valence-electron chi connectivity index (χ1n) is 7.30. The summed E-state index contributed by atoms with van der Waals surface area (Å²) in [6, 6.07) is 5.36. The maximum Gasteiger partial charge on any atom is 0.237 e. The van der Waals surface area contributed by atoms with E-state index in [0.717, 1.165) is 23.5 Å². The lowest BCUT2D eigenvalue weighted by Crippen LogP contribution is -2.48. The van der Waals surface area contributed by atoms with Gasteiger partial charge < -0.3 is 20.5 Å². The zero-order valence-corrected chi connectivity index (χ0v) is 12.9. The van der Waals surface area contributed by atoms with Gasteiger partial charge in [-0.2, -0.15) is 0 Å². The van der Waals surface area contributed by atoms with Crippen molar-refractivity contribution in [2.24, 2.45) is 11.1 Å². The second-order valence-corrected chi connectivity index (χ2v) is 6.36. The standard InChI is InChI=1S/C16H24N2O3/c1-16(2,3)14(17)15(19)18-7-6-11-4-5-12-13(10-11)21-9-8-20-12/h4-5,10,14H,6-9,17H2,1-3H3,(H,18,19). The molecule has 1 atom stereocenters. The summed E-state index contributed by atoms with van der Waals surface area (Å²) in [5, 5.41) is 2.88. The van der Waals surface area contributed by atoms with Gasteiger partial charge in [-0.3, -0.25) is 4.79 Å². The summed E-state index contributed by atoms with van der Waals surface area (Å²) < 4.78 is 11.0. The number of fused-ring (bicyclic) bond motifs is 1. The van der Waals surface area contributed by atoms with E-state index in [0.29, 0.717) is 19.8 Å². The molecule has 1 aliphatic heterocycles. The van der Waals surface area contributed by atoms with Crippen LogP contribution in [0.25, 0.3) is 0 Å². The Balaban J connectivity index is 1.85. The molecule has 0 radical (unpaired) electrons. The minimum Gasteiger partial charge on any atom is -0.486 e. The third kappa shape index (κ3) is 4.11. The quantitative estimate of drug-likeness (QED) is 0.882. The number of amides is 1. The highest BCUT2D eigenvalue weighted by Crippen LogP contribution is 2.30. The summed E-state index contributed by atoms with van der Waals surface area (Å²) in [7, 11) is 0. The van der Waals surface area contributed by atoms with Crippen LogP contribution < -0.4 is 20.5 Å². The summed E-state index contributed by atoms with van der Waals surface area (Å²) in [5.41, 5.74) is 6.78. The van der Waals surface area contributed by atoms with Crippen molar-refractivity contribution in [1.82, 2.24) is 5.32 Å².